The van der Waals surface area contributed by atoms with Gasteiger partial charge in [0.1, 0.15) is 0 Å². The van der Waals surface area contributed by atoms with Crippen molar-refractivity contribution in [3.05, 3.63) is 58.1 Å². The summed E-state index contributed by atoms with van der Waals surface area (Å²) in [5.74, 6) is -0.0360. The van der Waals surface area contributed by atoms with E-state index in [2.05, 4.69) is 4.90 Å². The maximum Gasteiger partial charge on any atom is 0.260 e. The van der Waals surface area contributed by atoms with Crippen LogP contribution in [0.3, 0.4) is 0 Å². The van der Waals surface area contributed by atoms with Crippen molar-refractivity contribution in [2.24, 2.45) is 0 Å². The molecular formula is C22H25Cl2N3O2S. The smallest absolute Gasteiger partial charge is 0.260 e. The zero-order valence-corrected chi connectivity index (χ0v) is 19.4. The molecule has 0 N–H and O–H groups in total. The third-order valence-electron chi connectivity index (χ3n) is 5.20. The topological polar surface area (TPSA) is 45.7 Å². The molecule has 8 heteroatoms. The van der Waals surface area contributed by atoms with E-state index in [1.165, 1.54) is 11.3 Å². The number of hydrogen-bond donors (Lipinski definition) is 0. The SMILES string of the molecule is Cc1ccc(C(=O)N(CCN2CCOCC2)c2nc3c(C)ccc(Cl)c3s2)cc1.Cl. The predicted octanol–water partition coefficient (Wildman–Crippen LogP) is 4.97. The van der Waals surface area contributed by atoms with Crippen LogP contribution < -0.4 is 4.90 Å². The normalized spacial score (nSPS) is 14.5. The van der Waals surface area contributed by atoms with Gasteiger partial charge in [-0.1, -0.05) is 46.7 Å². The van der Waals surface area contributed by atoms with Crippen molar-refractivity contribution < 1.29 is 9.53 Å². The summed E-state index contributed by atoms with van der Waals surface area (Å²) in [6, 6.07) is 11.5. The first-order valence-corrected chi connectivity index (χ1v) is 11.0. The van der Waals surface area contributed by atoms with Crippen LogP contribution in [0.2, 0.25) is 5.02 Å². The number of carbonyl (C=O) groups excluding carboxylic acids is 1. The molecule has 2 aromatic carbocycles. The number of aromatic nitrogens is 1. The predicted molar refractivity (Wildman–Crippen MR) is 127 cm³/mol. The van der Waals surface area contributed by atoms with Crippen LogP contribution in [0.5, 0.6) is 0 Å². The molecule has 0 spiro atoms. The van der Waals surface area contributed by atoms with Crippen LogP contribution >= 0.6 is 35.3 Å². The molecule has 1 aromatic heterocycles. The highest BCUT2D eigenvalue weighted by Crippen LogP contribution is 2.36. The van der Waals surface area contributed by atoms with E-state index >= 15 is 0 Å². The minimum atomic E-state index is -0.0360. The van der Waals surface area contributed by atoms with Crippen molar-refractivity contribution in [2.45, 2.75) is 13.8 Å². The molecule has 5 nitrogen and oxygen atoms in total. The molecule has 0 saturated carbocycles. The molecular weight excluding hydrogens is 441 g/mol. The third kappa shape index (κ3) is 4.95. The van der Waals surface area contributed by atoms with Crippen molar-refractivity contribution >= 4 is 56.6 Å². The largest absolute Gasteiger partial charge is 0.379 e. The highest BCUT2D eigenvalue weighted by molar-refractivity contribution is 7.23. The van der Waals surface area contributed by atoms with Crippen LogP contribution in [0, 0.1) is 13.8 Å². The lowest BCUT2D eigenvalue weighted by atomic mass is 10.1. The lowest BCUT2D eigenvalue weighted by Gasteiger charge is -2.29. The summed E-state index contributed by atoms with van der Waals surface area (Å²) in [7, 11) is 0. The molecule has 0 unspecified atom stereocenters. The summed E-state index contributed by atoms with van der Waals surface area (Å²) >= 11 is 7.88. The van der Waals surface area contributed by atoms with Gasteiger partial charge in [-0.3, -0.25) is 14.6 Å². The number of aryl methyl sites for hydroxylation is 2. The molecule has 1 fully saturated rings. The number of thiazole rings is 1. The fraction of sp³-hybridized carbons (Fsp3) is 0.364. The van der Waals surface area contributed by atoms with Crippen molar-refractivity contribution in [1.82, 2.24) is 9.88 Å². The molecule has 1 amide bonds. The first-order valence-electron chi connectivity index (χ1n) is 9.77. The molecule has 1 aliphatic rings. The van der Waals surface area contributed by atoms with Crippen molar-refractivity contribution in [2.75, 3.05) is 44.3 Å². The van der Waals surface area contributed by atoms with Gasteiger partial charge in [0.25, 0.3) is 5.91 Å². The molecule has 1 aliphatic heterocycles. The highest BCUT2D eigenvalue weighted by atomic mass is 35.5. The Morgan fingerprint density at radius 2 is 1.87 bits per heavy atom. The quantitative estimate of drug-likeness (QED) is 0.533. The van der Waals surface area contributed by atoms with Crippen molar-refractivity contribution in [1.29, 1.82) is 0 Å². The zero-order valence-electron chi connectivity index (χ0n) is 17.1. The molecule has 0 aliphatic carbocycles. The second-order valence-electron chi connectivity index (χ2n) is 7.32. The number of rotatable bonds is 5. The third-order valence-corrected chi connectivity index (χ3v) is 6.74. The van der Waals surface area contributed by atoms with Gasteiger partial charge in [-0.2, -0.15) is 0 Å². The Morgan fingerprint density at radius 3 is 2.53 bits per heavy atom. The van der Waals surface area contributed by atoms with E-state index in [4.69, 9.17) is 21.3 Å². The molecule has 160 valence electrons. The number of halogens is 2. The van der Waals surface area contributed by atoms with Gasteiger partial charge in [-0.15, -0.1) is 12.4 Å². The van der Waals surface area contributed by atoms with Gasteiger partial charge in [0.05, 0.1) is 28.5 Å². The average Bonchev–Trinajstić information content (AvgIpc) is 3.19. The fourth-order valence-electron chi connectivity index (χ4n) is 3.41. The zero-order chi connectivity index (χ0) is 20.4. The maximum absolute atomic E-state index is 13.4. The highest BCUT2D eigenvalue weighted by Gasteiger charge is 2.23. The van der Waals surface area contributed by atoms with Crippen molar-refractivity contribution in [3.63, 3.8) is 0 Å². The number of fused-ring (bicyclic) bond motifs is 1. The summed E-state index contributed by atoms with van der Waals surface area (Å²) < 4.78 is 6.36. The fourth-order valence-corrected chi connectivity index (χ4v) is 4.75. The second-order valence-corrected chi connectivity index (χ2v) is 8.70. The first kappa shape index (κ1) is 23.0. The van der Waals surface area contributed by atoms with Gasteiger partial charge in [-0.05, 0) is 37.6 Å². The molecule has 3 aromatic rings. The summed E-state index contributed by atoms with van der Waals surface area (Å²) in [5.41, 5.74) is 3.72. The molecule has 1 saturated heterocycles. The van der Waals surface area contributed by atoms with Crippen LogP contribution in [-0.4, -0.2) is 55.2 Å². The molecule has 0 radical (unpaired) electrons. The number of benzene rings is 2. The van der Waals surface area contributed by atoms with Crippen LogP contribution in [0.4, 0.5) is 5.13 Å². The lowest BCUT2D eigenvalue weighted by Crippen LogP contribution is -2.43. The number of nitrogens with zero attached hydrogens (tertiary/aromatic N) is 3. The van der Waals surface area contributed by atoms with E-state index in [1.54, 1.807) is 4.90 Å². The Bertz CT molecular complexity index is 978. The van der Waals surface area contributed by atoms with Gasteiger partial charge < -0.3 is 4.74 Å². The summed E-state index contributed by atoms with van der Waals surface area (Å²) in [6.45, 7) is 8.63. The van der Waals surface area contributed by atoms with Gasteiger partial charge in [0.15, 0.2) is 5.13 Å². The Morgan fingerprint density at radius 1 is 1.17 bits per heavy atom. The molecule has 0 atom stereocenters. The molecule has 4 rings (SSSR count). The molecule has 2 heterocycles. The Balaban J connectivity index is 0.00000256. The van der Waals surface area contributed by atoms with Crippen LogP contribution in [0.25, 0.3) is 10.2 Å². The van der Waals surface area contributed by atoms with E-state index in [0.29, 0.717) is 22.3 Å². The summed E-state index contributed by atoms with van der Waals surface area (Å²) in [6.07, 6.45) is 0. The number of amides is 1. The minimum absolute atomic E-state index is 0. The van der Waals surface area contributed by atoms with Crippen LogP contribution in [0.15, 0.2) is 36.4 Å². The minimum Gasteiger partial charge on any atom is -0.379 e. The van der Waals surface area contributed by atoms with Gasteiger partial charge in [-0.25, -0.2) is 4.98 Å². The lowest BCUT2D eigenvalue weighted by molar-refractivity contribution is 0.0391. The average molecular weight is 466 g/mol. The Kier molecular flexibility index (Phi) is 7.71. The number of hydrogen-bond acceptors (Lipinski definition) is 5. The van der Waals surface area contributed by atoms with Gasteiger partial charge in [0.2, 0.25) is 0 Å². The van der Waals surface area contributed by atoms with E-state index in [1.807, 2.05) is 50.2 Å². The monoisotopic (exact) mass is 465 g/mol. The van der Waals surface area contributed by atoms with E-state index in [9.17, 15) is 4.79 Å². The number of morpholine rings is 1. The van der Waals surface area contributed by atoms with E-state index in [-0.39, 0.29) is 18.3 Å². The summed E-state index contributed by atoms with van der Waals surface area (Å²) in [4.78, 5) is 22.3. The number of carbonyl (C=O) groups is 1. The number of ether oxygens (including phenoxy) is 1. The molecule has 30 heavy (non-hydrogen) atoms. The van der Waals surface area contributed by atoms with Crippen LogP contribution in [0.1, 0.15) is 21.5 Å². The van der Waals surface area contributed by atoms with E-state index in [0.717, 1.165) is 54.2 Å². The van der Waals surface area contributed by atoms with Gasteiger partial charge in [0, 0.05) is 31.7 Å². The Hall–Kier alpha value is -1.70. The number of anilines is 1. The summed E-state index contributed by atoms with van der Waals surface area (Å²) in [5, 5.41) is 1.36. The van der Waals surface area contributed by atoms with Crippen LogP contribution in [-0.2, 0) is 4.74 Å². The second kappa shape index (κ2) is 10.1. The van der Waals surface area contributed by atoms with Crippen molar-refractivity contribution in [3.8, 4) is 0 Å². The first-order chi connectivity index (χ1) is 14.0. The van der Waals surface area contributed by atoms with Gasteiger partial charge >= 0.3 is 0 Å². The Labute approximate surface area is 192 Å². The standard InChI is InChI=1S/C22H24ClN3O2S.ClH/c1-15-3-6-17(7-4-15)21(27)26(10-9-25-11-13-28-14-12-25)22-24-19-16(2)5-8-18(23)20(19)29-22;/h3-8H,9-14H2,1-2H3;1H. The van der Waals surface area contributed by atoms with E-state index < -0.39 is 0 Å². The maximum atomic E-state index is 13.4. The molecule has 0 bridgehead atoms.